The predicted molar refractivity (Wildman–Crippen MR) is 103 cm³/mol. The van der Waals surface area contributed by atoms with Crippen molar-refractivity contribution in [2.24, 2.45) is 0 Å². The first kappa shape index (κ1) is 17.2. The number of hydrogen-bond acceptors (Lipinski definition) is 2. The highest BCUT2D eigenvalue weighted by molar-refractivity contribution is 7.92. The van der Waals surface area contributed by atoms with Gasteiger partial charge in [0.05, 0.1) is 18.0 Å². The largest absolute Gasteiger partial charge is 0.266 e. The monoisotopic (exact) mass is 351 g/mol. The summed E-state index contributed by atoms with van der Waals surface area (Å²) in [6.45, 7) is 2.26. The number of hydrogen-bond donors (Lipinski definition) is 0. The minimum Gasteiger partial charge on any atom is -0.266 e. The van der Waals surface area contributed by atoms with Gasteiger partial charge in [-0.1, -0.05) is 72.8 Å². The summed E-state index contributed by atoms with van der Waals surface area (Å²) in [5, 5.41) is 0. The molecule has 0 aliphatic heterocycles. The van der Waals surface area contributed by atoms with Crippen LogP contribution in [0, 0.1) is 6.92 Å². The number of aryl methyl sites for hydroxylation is 1. The number of sulfonamides is 1. The fraction of sp³-hybridized carbons (Fsp3) is 0.143. The SMILES string of the molecule is Cc1ccccc1CS(=O)(=O)N(Cc1ccccc1)c1ccccc1. The molecular formula is C21H21NO2S. The van der Waals surface area contributed by atoms with E-state index in [2.05, 4.69) is 0 Å². The van der Waals surface area contributed by atoms with Gasteiger partial charge in [-0.15, -0.1) is 0 Å². The Morgan fingerprint density at radius 3 is 1.96 bits per heavy atom. The third kappa shape index (κ3) is 4.28. The highest BCUT2D eigenvalue weighted by atomic mass is 32.2. The van der Waals surface area contributed by atoms with Gasteiger partial charge >= 0.3 is 0 Å². The van der Waals surface area contributed by atoms with E-state index in [1.165, 1.54) is 4.31 Å². The van der Waals surface area contributed by atoms with Crippen molar-refractivity contribution in [1.29, 1.82) is 0 Å². The lowest BCUT2D eigenvalue weighted by molar-refractivity contribution is 0.589. The van der Waals surface area contributed by atoms with Crippen LogP contribution >= 0.6 is 0 Å². The second-order valence-electron chi connectivity index (χ2n) is 6.01. The number of para-hydroxylation sites is 1. The summed E-state index contributed by atoms with van der Waals surface area (Å²) in [4.78, 5) is 0. The van der Waals surface area contributed by atoms with Crippen molar-refractivity contribution in [3.05, 3.63) is 102 Å². The molecule has 25 heavy (non-hydrogen) atoms. The Bertz CT molecular complexity index is 922. The molecule has 3 nitrogen and oxygen atoms in total. The number of rotatable bonds is 6. The van der Waals surface area contributed by atoms with Crippen LogP contribution in [-0.4, -0.2) is 8.42 Å². The summed E-state index contributed by atoms with van der Waals surface area (Å²) in [6.07, 6.45) is 0. The van der Waals surface area contributed by atoms with Crippen molar-refractivity contribution in [2.75, 3.05) is 4.31 Å². The molecule has 0 spiro atoms. The van der Waals surface area contributed by atoms with E-state index in [4.69, 9.17) is 0 Å². The lowest BCUT2D eigenvalue weighted by Crippen LogP contribution is -2.31. The van der Waals surface area contributed by atoms with Gasteiger partial charge in [-0.05, 0) is 35.7 Å². The maximum absolute atomic E-state index is 13.2. The molecule has 0 fully saturated rings. The van der Waals surface area contributed by atoms with Crippen molar-refractivity contribution >= 4 is 15.7 Å². The first-order valence-corrected chi connectivity index (χ1v) is 9.81. The third-order valence-electron chi connectivity index (χ3n) is 4.15. The van der Waals surface area contributed by atoms with Gasteiger partial charge in [-0.25, -0.2) is 8.42 Å². The summed E-state index contributed by atoms with van der Waals surface area (Å²) in [6, 6.07) is 26.5. The van der Waals surface area contributed by atoms with Gasteiger partial charge in [0, 0.05) is 0 Å². The fourth-order valence-corrected chi connectivity index (χ4v) is 4.40. The number of nitrogens with zero attached hydrogens (tertiary/aromatic N) is 1. The van der Waals surface area contributed by atoms with E-state index in [0.29, 0.717) is 12.2 Å². The number of anilines is 1. The molecule has 0 radical (unpaired) electrons. The maximum Gasteiger partial charge on any atom is 0.239 e. The van der Waals surface area contributed by atoms with Crippen molar-refractivity contribution in [1.82, 2.24) is 0 Å². The molecule has 0 amide bonds. The van der Waals surface area contributed by atoms with Crippen LogP contribution in [-0.2, 0) is 22.3 Å². The average molecular weight is 351 g/mol. The molecular weight excluding hydrogens is 330 g/mol. The Balaban J connectivity index is 1.97. The van der Waals surface area contributed by atoms with E-state index in [-0.39, 0.29) is 5.75 Å². The normalized spacial score (nSPS) is 11.2. The van der Waals surface area contributed by atoms with Crippen molar-refractivity contribution in [2.45, 2.75) is 19.2 Å². The van der Waals surface area contributed by atoms with Crippen LogP contribution < -0.4 is 4.31 Å². The Morgan fingerprint density at radius 2 is 1.32 bits per heavy atom. The zero-order valence-corrected chi connectivity index (χ0v) is 15.0. The molecule has 0 saturated heterocycles. The Hall–Kier alpha value is -2.59. The average Bonchev–Trinajstić information content (AvgIpc) is 2.63. The second-order valence-corrected chi connectivity index (χ2v) is 7.90. The van der Waals surface area contributed by atoms with Gasteiger partial charge < -0.3 is 0 Å². The maximum atomic E-state index is 13.2. The molecule has 0 aliphatic rings. The van der Waals surface area contributed by atoms with Crippen molar-refractivity contribution in [3.8, 4) is 0 Å². The zero-order valence-electron chi connectivity index (χ0n) is 14.2. The summed E-state index contributed by atoms with van der Waals surface area (Å²) in [7, 11) is -3.52. The lowest BCUT2D eigenvalue weighted by Gasteiger charge is -2.25. The van der Waals surface area contributed by atoms with Crippen LogP contribution in [0.2, 0.25) is 0 Å². The highest BCUT2D eigenvalue weighted by Gasteiger charge is 2.23. The van der Waals surface area contributed by atoms with Crippen LogP contribution in [0.15, 0.2) is 84.9 Å². The van der Waals surface area contributed by atoms with Gasteiger partial charge in [0.25, 0.3) is 0 Å². The lowest BCUT2D eigenvalue weighted by atomic mass is 10.1. The van der Waals surface area contributed by atoms with Gasteiger partial charge in [0.15, 0.2) is 0 Å². The van der Waals surface area contributed by atoms with E-state index in [1.807, 2.05) is 91.9 Å². The van der Waals surface area contributed by atoms with E-state index in [1.54, 1.807) is 0 Å². The Kier molecular flexibility index (Phi) is 5.19. The minimum atomic E-state index is -3.52. The molecule has 3 rings (SSSR count). The molecule has 0 heterocycles. The quantitative estimate of drug-likeness (QED) is 0.654. The molecule has 0 aliphatic carbocycles. The molecule has 128 valence electrons. The van der Waals surface area contributed by atoms with Gasteiger partial charge in [-0.2, -0.15) is 0 Å². The Morgan fingerprint density at radius 1 is 0.760 bits per heavy atom. The zero-order chi connectivity index (χ0) is 17.7. The van der Waals surface area contributed by atoms with E-state index < -0.39 is 10.0 Å². The number of benzene rings is 3. The topological polar surface area (TPSA) is 37.4 Å². The van der Waals surface area contributed by atoms with Gasteiger partial charge in [-0.3, -0.25) is 4.31 Å². The molecule has 0 aromatic heterocycles. The molecule has 3 aromatic rings. The van der Waals surface area contributed by atoms with Crippen LogP contribution in [0.5, 0.6) is 0 Å². The van der Waals surface area contributed by atoms with Crippen LogP contribution in [0.25, 0.3) is 0 Å². The van der Waals surface area contributed by atoms with Crippen LogP contribution in [0.3, 0.4) is 0 Å². The fourth-order valence-electron chi connectivity index (χ4n) is 2.74. The molecule has 4 heteroatoms. The smallest absolute Gasteiger partial charge is 0.239 e. The van der Waals surface area contributed by atoms with Crippen LogP contribution in [0.1, 0.15) is 16.7 Å². The van der Waals surface area contributed by atoms with Crippen LogP contribution in [0.4, 0.5) is 5.69 Å². The predicted octanol–water partition coefficient (Wildman–Crippen LogP) is 4.53. The summed E-state index contributed by atoms with van der Waals surface area (Å²) in [5.74, 6) is -0.0125. The van der Waals surface area contributed by atoms with Crippen molar-refractivity contribution < 1.29 is 8.42 Å². The van der Waals surface area contributed by atoms with Crippen molar-refractivity contribution in [3.63, 3.8) is 0 Å². The van der Waals surface area contributed by atoms with Gasteiger partial charge in [0.1, 0.15) is 0 Å². The summed E-state index contributed by atoms with van der Waals surface area (Å²) >= 11 is 0. The third-order valence-corrected chi connectivity index (χ3v) is 5.84. The molecule has 0 saturated carbocycles. The summed E-state index contributed by atoms with van der Waals surface area (Å²) in [5.41, 5.74) is 3.45. The molecule has 3 aromatic carbocycles. The first-order chi connectivity index (χ1) is 12.1. The second kappa shape index (κ2) is 7.53. The van der Waals surface area contributed by atoms with E-state index in [9.17, 15) is 8.42 Å². The molecule has 0 atom stereocenters. The van der Waals surface area contributed by atoms with E-state index >= 15 is 0 Å². The first-order valence-electron chi connectivity index (χ1n) is 8.20. The summed E-state index contributed by atoms with van der Waals surface area (Å²) < 4.78 is 27.9. The van der Waals surface area contributed by atoms with E-state index in [0.717, 1.165) is 16.7 Å². The van der Waals surface area contributed by atoms with Gasteiger partial charge in [0.2, 0.25) is 10.0 Å². The highest BCUT2D eigenvalue weighted by Crippen LogP contribution is 2.24. The molecule has 0 N–H and O–H groups in total. The minimum absolute atomic E-state index is 0.0125. The molecule has 0 bridgehead atoms. The molecule has 0 unspecified atom stereocenters. The Labute approximate surface area is 149 Å². The standard InChI is InChI=1S/C21H21NO2S/c1-18-10-8-9-13-20(18)17-25(23,24)22(21-14-6-3-7-15-21)16-19-11-4-2-5-12-19/h2-15H,16-17H2,1H3.